The number of hydrogen-bond acceptors (Lipinski definition) is 5. The number of rotatable bonds is 7. The van der Waals surface area contributed by atoms with Gasteiger partial charge >= 0.3 is 0 Å². The smallest absolute Gasteiger partial charge is 0.238 e. The molecular weight excluding hydrogens is 268 g/mol. The van der Waals surface area contributed by atoms with Crippen LogP contribution in [-0.4, -0.2) is 73.0 Å². The monoisotopic (exact) mass is 288 g/mol. The van der Waals surface area contributed by atoms with E-state index in [9.17, 15) is 14.4 Å². The van der Waals surface area contributed by atoms with Crippen LogP contribution < -0.4 is 10.6 Å². The van der Waals surface area contributed by atoms with E-state index >= 15 is 0 Å². The Labute approximate surface area is 117 Å². The lowest BCUT2D eigenvalue weighted by atomic mass is 10.4. The maximum Gasteiger partial charge on any atom is 0.238 e. The fraction of sp³-hybridized carbons (Fsp3) is 0.727. The van der Waals surface area contributed by atoms with Crippen molar-refractivity contribution in [3.8, 4) is 0 Å². The molecule has 8 heteroatoms. The molecule has 0 bridgehead atoms. The minimum atomic E-state index is -0.122. The van der Waals surface area contributed by atoms with Crippen molar-refractivity contribution in [3.05, 3.63) is 0 Å². The summed E-state index contributed by atoms with van der Waals surface area (Å²) in [5.41, 5.74) is 0. The summed E-state index contributed by atoms with van der Waals surface area (Å²) >= 11 is 1.26. The van der Waals surface area contributed by atoms with E-state index in [1.54, 1.807) is 12.1 Å². The van der Waals surface area contributed by atoms with Crippen LogP contribution in [-0.2, 0) is 14.4 Å². The van der Waals surface area contributed by atoms with Crippen molar-refractivity contribution in [1.82, 2.24) is 20.7 Å². The maximum atomic E-state index is 11.5. The zero-order valence-corrected chi connectivity index (χ0v) is 12.1. The largest absolute Gasteiger partial charge is 0.358 e. The van der Waals surface area contributed by atoms with E-state index in [4.69, 9.17) is 0 Å². The number of amides is 3. The lowest BCUT2D eigenvalue weighted by molar-refractivity contribution is -0.136. The fourth-order valence-corrected chi connectivity index (χ4v) is 2.37. The highest BCUT2D eigenvalue weighted by molar-refractivity contribution is 8.00. The van der Waals surface area contributed by atoms with Crippen molar-refractivity contribution in [2.75, 3.05) is 45.2 Å². The van der Waals surface area contributed by atoms with Crippen LogP contribution >= 0.6 is 11.8 Å². The average Bonchev–Trinajstić information content (AvgIpc) is 2.70. The van der Waals surface area contributed by atoms with Gasteiger partial charge in [0, 0.05) is 33.6 Å². The van der Waals surface area contributed by atoms with Gasteiger partial charge in [-0.2, -0.15) is 0 Å². The zero-order chi connectivity index (χ0) is 14.3. The van der Waals surface area contributed by atoms with Gasteiger partial charge in [0.15, 0.2) is 0 Å². The number of carbonyl (C=O) groups is 3. The van der Waals surface area contributed by atoms with Crippen LogP contribution in [0.15, 0.2) is 0 Å². The second-order valence-electron chi connectivity index (χ2n) is 4.16. The fourth-order valence-electron chi connectivity index (χ4n) is 1.65. The SMILES string of the molecule is CNC(=O)CSCC(=O)NCCN1C(=O)CCN1C. The van der Waals surface area contributed by atoms with Crippen molar-refractivity contribution < 1.29 is 14.4 Å². The Morgan fingerprint density at radius 1 is 1.32 bits per heavy atom. The molecule has 1 saturated heterocycles. The topological polar surface area (TPSA) is 81.8 Å². The number of nitrogens with one attached hydrogen (secondary N) is 2. The van der Waals surface area contributed by atoms with Gasteiger partial charge in [0.2, 0.25) is 17.7 Å². The van der Waals surface area contributed by atoms with Gasteiger partial charge in [-0.25, -0.2) is 5.01 Å². The van der Waals surface area contributed by atoms with Gasteiger partial charge in [0.05, 0.1) is 18.1 Å². The summed E-state index contributed by atoms with van der Waals surface area (Å²) < 4.78 is 0. The summed E-state index contributed by atoms with van der Waals surface area (Å²) in [6.07, 6.45) is 0.534. The van der Waals surface area contributed by atoms with Crippen LogP contribution in [0.3, 0.4) is 0 Å². The number of hydrazine groups is 1. The van der Waals surface area contributed by atoms with Gasteiger partial charge in [0.1, 0.15) is 0 Å². The molecule has 1 heterocycles. The Kier molecular flexibility index (Phi) is 6.65. The van der Waals surface area contributed by atoms with Crippen molar-refractivity contribution in [3.63, 3.8) is 0 Å². The molecule has 19 heavy (non-hydrogen) atoms. The van der Waals surface area contributed by atoms with Gasteiger partial charge < -0.3 is 10.6 Å². The highest BCUT2D eigenvalue weighted by Gasteiger charge is 2.24. The first-order valence-corrected chi connectivity index (χ1v) is 7.26. The quantitative estimate of drug-likeness (QED) is 0.606. The Balaban J connectivity index is 2.10. The summed E-state index contributed by atoms with van der Waals surface area (Å²) in [4.78, 5) is 33.9. The van der Waals surface area contributed by atoms with Crippen molar-refractivity contribution in [2.45, 2.75) is 6.42 Å². The van der Waals surface area contributed by atoms with Crippen LogP contribution in [0.1, 0.15) is 6.42 Å². The molecule has 0 atom stereocenters. The summed E-state index contributed by atoms with van der Waals surface area (Å²) in [7, 11) is 3.42. The Bertz CT molecular complexity index is 351. The minimum absolute atomic E-state index is 0.0886. The third-order valence-corrected chi connectivity index (χ3v) is 3.67. The van der Waals surface area contributed by atoms with Crippen molar-refractivity contribution in [2.24, 2.45) is 0 Å². The van der Waals surface area contributed by atoms with Crippen LogP contribution in [0.25, 0.3) is 0 Å². The number of nitrogens with zero attached hydrogens (tertiary/aromatic N) is 2. The maximum absolute atomic E-state index is 11.5. The van der Waals surface area contributed by atoms with E-state index in [-0.39, 0.29) is 29.2 Å². The highest BCUT2D eigenvalue weighted by atomic mass is 32.2. The van der Waals surface area contributed by atoms with Gasteiger partial charge in [-0.15, -0.1) is 11.8 Å². The second-order valence-corrected chi connectivity index (χ2v) is 5.15. The van der Waals surface area contributed by atoms with E-state index in [1.165, 1.54) is 11.8 Å². The van der Waals surface area contributed by atoms with Gasteiger partial charge in [0.25, 0.3) is 0 Å². The highest BCUT2D eigenvalue weighted by Crippen LogP contribution is 2.07. The van der Waals surface area contributed by atoms with Gasteiger partial charge in [-0.05, 0) is 0 Å². The molecular formula is C11H20N4O3S. The third-order valence-electron chi connectivity index (χ3n) is 2.74. The Morgan fingerprint density at radius 3 is 2.58 bits per heavy atom. The molecule has 2 N–H and O–H groups in total. The molecule has 0 aromatic heterocycles. The molecule has 3 amide bonds. The summed E-state index contributed by atoms with van der Waals surface area (Å²) in [6.45, 7) is 1.64. The molecule has 108 valence electrons. The van der Waals surface area contributed by atoms with Gasteiger partial charge in [-0.3, -0.25) is 19.4 Å². The molecule has 1 rings (SSSR count). The van der Waals surface area contributed by atoms with E-state index in [1.807, 2.05) is 12.1 Å². The molecule has 0 aromatic rings. The number of carbonyl (C=O) groups excluding carboxylic acids is 3. The van der Waals surface area contributed by atoms with Crippen molar-refractivity contribution in [1.29, 1.82) is 0 Å². The first-order valence-electron chi connectivity index (χ1n) is 6.11. The van der Waals surface area contributed by atoms with E-state index < -0.39 is 0 Å². The zero-order valence-electron chi connectivity index (χ0n) is 11.3. The van der Waals surface area contributed by atoms with Crippen LogP contribution in [0.4, 0.5) is 0 Å². The van der Waals surface area contributed by atoms with E-state index in [0.29, 0.717) is 19.5 Å². The summed E-state index contributed by atoms with van der Waals surface area (Å²) in [5.74, 6) is 0.394. The first kappa shape index (κ1) is 15.8. The lowest BCUT2D eigenvalue weighted by Crippen LogP contribution is -2.42. The second kappa shape index (κ2) is 8.00. The molecule has 1 aliphatic rings. The van der Waals surface area contributed by atoms with Crippen molar-refractivity contribution >= 4 is 29.5 Å². The van der Waals surface area contributed by atoms with Crippen LogP contribution in [0.5, 0.6) is 0 Å². The predicted molar refractivity (Wildman–Crippen MR) is 73.4 cm³/mol. The third kappa shape index (κ3) is 5.48. The predicted octanol–water partition coefficient (Wildman–Crippen LogP) is -1.34. The first-order chi connectivity index (χ1) is 9.04. The Morgan fingerprint density at radius 2 is 2.00 bits per heavy atom. The number of thioether (sulfide) groups is 1. The molecule has 0 spiro atoms. The molecule has 1 aliphatic heterocycles. The van der Waals surface area contributed by atoms with Crippen LogP contribution in [0.2, 0.25) is 0 Å². The molecule has 0 aromatic carbocycles. The molecule has 0 unspecified atom stereocenters. The van der Waals surface area contributed by atoms with Crippen LogP contribution in [0, 0.1) is 0 Å². The Hall–Kier alpha value is -1.28. The summed E-state index contributed by atoms with van der Waals surface area (Å²) in [5, 5.41) is 8.71. The van der Waals surface area contributed by atoms with E-state index in [0.717, 1.165) is 6.54 Å². The normalized spacial score (nSPS) is 15.7. The van der Waals surface area contributed by atoms with E-state index in [2.05, 4.69) is 10.6 Å². The minimum Gasteiger partial charge on any atom is -0.358 e. The standard InChI is InChI=1S/C11H20N4O3S/c1-12-9(16)7-19-8-10(17)13-4-6-15-11(18)3-5-14(15)2/h3-8H2,1-2H3,(H,12,16)(H,13,17). The molecule has 0 aliphatic carbocycles. The summed E-state index contributed by atoms with van der Waals surface area (Å²) in [6, 6.07) is 0. The molecule has 0 radical (unpaired) electrons. The van der Waals surface area contributed by atoms with Gasteiger partial charge in [-0.1, -0.05) is 0 Å². The average molecular weight is 288 g/mol. The molecule has 1 fully saturated rings. The lowest BCUT2D eigenvalue weighted by Gasteiger charge is -2.23. The molecule has 7 nitrogen and oxygen atoms in total. The molecule has 0 saturated carbocycles. The number of hydrogen-bond donors (Lipinski definition) is 2.